The number of carbonyl (C=O) groups excluding carboxylic acids is 1. The zero-order valence-corrected chi connectivity index (χ0v) is 18.3. The van der Waals surface area contributed by atoms with Crippen molar-refractivity contribution in [3.63, 3.8) is 0 Å². The number of hydrogen-bond acceptors (Lipinski definition) is 6. The smallest absolute Gasteiger partial charge is 0.490 e. The van der Waals surface area contributed by atoms with Crippen LogP contribution in [0.3, 0.4) is 0 Å². The normalized spacial score (nSPS) is 27.8. The maximum atomic E-state index is 13.9. The molecule has 1 saturated carbocycles. The summed E-state index contributed by atoms with van der Waals surface area (Å²) in [6, 6.07) is 9.43. The molecular formula is C23H19ClF4N2O4. The third-order valence-electron chi connectivity index (χ3n) is 6.53. The standard InChI is InChI=1S/C23H19ClF4N2O4/c24-13-5-12(6-14(25)8-13)11-1-4-18-17(7-11)22(10-32-21(29)30-22)16-3-2-15(9-19(16)34-18)33-20(31)23(26,27)28/h1,4-8,15-16,19H,2-3,9-10H2,(H2,29,30)/t15-,16-,19-,22?/m0/s1. The average molecular weight is 499 g/mol. The van der Waals surface area contributed by atoms with Crippen molar-refractivity contribution in [2.24, 2.45) is 16.6 Å². The van der Waals surface area contributed by atoms with Crippen molar-refractivity contribution in [1.82, 2.24) is 0 Å². The summed E-state index contributed by atoms with van der Waals surface area (Å²) < 4.78 is 68.3. The van der Waals surface area contributed by atoms with Crippen LogP contribution in [0.1, 0.15) is 24.8 Å². The highest BCUT2D eigenvalue weighted by molar-refractivity contribution is 6.30. The molecule has 34 heavy (non-hydrogen) atoms. The Labute approximate surface area is 196 Å². The van der Waals surface area contributed by atoms with E-state index >= 15 is 0 Å². The number of nitrogens with two attached hydrogens (primary N) is 1. The molecule has 2 N–H and O–H groups in total. The molecule has 1 aliphatic carbocycles. The number of ether oxygens (including phenoxy) is 3. The predicted molar refractivity (Wildman–Crippen MR) is 114 cm³/mol. The summed E-state index contributed by atoms with van der Waals surface area (Å²) >= 11 is 6.02. The van der Waals surface area contributed by atoms with Crippen LogP contribution < -0.4 is 10.5 Å². The van der Waals surface area contributed by atoms with E-state index in [1.54, 1.807) is 18.2 Å². The Morgan fingerprint density at radius 3 is 2.65 bits per heavy atom. The van der Waals surface area contributed by atoms with E-state index < -0.39 is 35.7 Å². The summed E-state index contributed by atoms with van der Waals surface area (Å²) in [5.41, 5.74) is 6.85. The van der Waals surface area contributed by atoms with Crippen LogP contribution in [0, 0.1) is 11.7 Å². The van der Waals surface area contributed by atoms with E-state index in [0.717, 1.165) is 0 Å². The van der Waals surface area contributed by atoms with Crippen LogP contribution in [0.4, 0.5) is 17.6 Å². The van der Waals surface area contributed by atoms with Gasteiger partial charge in [0, 0.05) is 22.9 Å². The summed E-state index contributed by atoms with van der Waals surface area (Å²) in [5, 5.41) is 0.247. The number of benzene rings is 2. The first-order valence-corrected chi connectivity index (χ1v) is 11.0. The Morgan fingerprint density at radius 1 is 1.18 bits per heavy atom. The topological polar surface area (TPSA) is 83.1 Å². The SMILES string of the molecule is NC1=NC2(CO1)c1cc(-c3cc(F)cc(Cl)c3)ccc1O[C@H]1C[C@@H](OC(=O)C(F)(F)F)CC[C@@H]12. The Kier molecular flexibility index (Phi) is 5.38. The largest absolute Gasteiger partial charge is 0.490 e. The number of rotatable bonds is 2. The first-order valence-electron chi connectivity index (χ1n) is 10.6. The molecular weight excluding hydrogens is 480 g/mol. The minimum absolute atomic E-state index is 0.00331. The molecule has 6 nitrogen and oxygen atoms in total. The molecule has 1 spiro atoms. The molecule has 1 fully saturated rings. The molecule has 0 aromatic heterocycles. The molecule has 1 unspecified atom stereocenters. The molecule has 5 rings (SSSR count). The highest BCUT2D eigenvalue weighted by Crippen LogP contribution is 2.53. The Hall–Kier alpha value is -3.01. The van der Waals surface area contributed by atoms with Crippen molar-refractivity contribution < 1.29 is 36.6 Å². The molecule has 2 heterocycles. The third-order valence-corrected chi connectivity index (χ3v) is 6.75. The maximum Gasteiger partial charge on any atom is 0.490 e. The molecule has 3 aliphatic rings. The van der Waals surface area contributed by atoms with Crippen molar-refractivity contribution >= 4 is 23.6 Å². The van der Waals surface area contributed by atoms with Gasteiger partial charge in [-0.1, -0.05) is 17.7 Å². The molecule has 0 saturated heterocycles. The maximum absolute atomic E-state index is 13.9. The molecule has 0 amide bonds. The fourth-order valence-electron chi connectivity index (χ4n) is 5.10. The number of esters is 1. The average Bonchev–Trinajstić information content (AvgIpc) is 3.14. The summed E-state index contributed by atoms with van der Waals surface area (Å²) in [6.07, 6.45) is -5.92. The summed E-state index contributed by atoms with van der Waals surface area (Å²) in [7, 11) is 0. The number of aliphatic imine (C=N–C) groups is 1. The molecule has 180 valence electrons. The molecule has 0 bridgehead atoms. The second-order valence-corrected chi connectivity index (χ2v) is 9.07. The van der Waals surface area contributed by atoms with E-state index in [1.165, 1.54) is 12.1 Å². The number of amidine groups is 1. The third kappa shape index (κ3) is 3.93. The van der Waals surface area contributed by atoms with E-state index in [-0.39, 0.29) is 36.4 Å². The van der Waals surface area contributed by atoms with E-state index in [0.29, 0.717) is 28.9 Å². The number of fused-ring (bicyclic) bond motifs is 4. The van der Waals surface area contributed by atoms with Gasteiger partial charge in [-0.15, -0.1) is 0 Å². The van der Waals surface area contributed by atoms with E-state index in [1.807, 2.05) is 6.07 Å². The summed E-state index contributed by atoms with van der Waals surface area (Å²) in [5.74, 6) is -2.53. The minimum Gasteiger partial charge on any atom is -0.490 e. The monoisotopic (exact) mass is 498 g/mol. The van der Waals surface area contributed by atoms with Crippen LogP contribution in [0.15, 0.2) is 41.4 Å². The van der Waals surface area contributed by atoms with Crippen LogP contribution in [-0.4, -0.2) is 37.0 Å². The van der Waals surface area contributed by atoms with Crippen LogP contribution in [0.2, 0.25) is 5.02 Å². The fourth-order valence-corrected chi connectivity index (χ4v) is 5.32. The van der Waals surface area contributed by atoms with Gasteiger partial charge in [0.05, 0.1) is 0 Å². The van der Waals surface area contributed by atoms with Crippen molar-refractivity contribution in [1.29, 1.82) is 0 Å². The Morgan fingerprint density at radius 2 is 1.97 bits per heavy atom. The van der Waals surface area contributed by atoms with Gasteiger partial charge in [-0.3, -0.25) is 0 Å². The number of alkyl halides is 3. The lowest BCUT2D eigenvalue weighted by molar-refractivity contribution is -0.208. The summed E-state index contributed by atoms with van der Waals surface area (Å²) in [4.78, 5) is 15.9. The number of hydrogen-bond donors (Lipinski definition) is 1. The molecule has 11 heteroatoms. The molecule has 2 aliphatic heterocycles. The van der Waals surface area contributed by atoms with Crippen LogP contribution in [-0.2, 0) is 19.8 Å². The lowest BCUT2D eigenvalue weighted by atomic mass is 9.67. The van der Waals surface area contributed by atoms with Crippen molar-refractivity contribution in [2.45, 2.75) is 43.2 Å². The summed E-state index contributed by atoms with van der Waals surface area (Å²) in [6.45, 7) is 0.122. The van der Waals surface area contributed by atoms with E-state index in [9.17, 15) is 22.4 Å². The molecule has 0 radical (unpaired) electrons. The fraction of sp³-hybridized carbons (Fsp3) is 0.391. The molecule has 2 aromatic carbocycles. The van der Waals surface area contributed by atoms with Gasteiger partial charge in [0.1, 0.15) is 35.9 Å². The Bertz CT molecular complexity index is 1170. The highest BCUT2D eigenvalue weighted by Gasteiger charge is 2.56. The predicted octanol–water partition coefficient (Wildman–Crippen LogP) is 4.72. The highest BCUT2D eigenvalue weighted by atomic mass is 35.5. The van der Waals surface area contributed by atoms with Gasteiger partial charge in [0.15, 0.2) is 0 Å². The van der Waals surface area contributed by atoms with Gasteiger partial charge in [-0.2, -0.15) is 13.2 Å². The lowest BCUT2D eigenvalue weighted by Gasteiger charge is -2.47. The first kappa shape index (κ1) is 22.8. The van der Waals surface area contributed by atoms with E-state index in [2.05, 4.69) is 9.73 Å². The molecule has 2 aromatic rings. The van der Waals surface area contributed by atoms with Gasteiger partial charge >= 0.3 is 12.1 Å². The van der Waals surface area contributed by atoms with Crippen LogP contribution >= 0.6 is 11.6 Å². The van der Waals surface area contributed by atoms with Gasteiger partial charge in [-0.05, 0) is 54.3 Å². The zero-order valence-electron chi connectivity index (χ0n) is 17.6. The first-order chi connectivity index (χ1) is 16.0. The number of halogens is 5. The second-order valence-electron chi connectivity index (χ2n) is 8.63. The minimum atomic E-state index is -5.06. The van der Waals surface area contributed by atoms with Gasteiger partial charge in [0.25, 0.3) is 6.02 Å². The van der Waals surface area contributed by atoms with Crippen molar-refractivity contribution in [3.8, 4) is 16.9 Å². The van der Waals surface area contributed by atoms with Crippen LogP contribution in [0.5, 0.6) is 5.75 Å². The van der Waals surface area contributed by atoms with E-state index in [4.69, 9.17) is 26.8 Å². The van der Waals surface area contributed by atoms with Gasteiger partial charge in [-0.25, -0.2) is 14.2 Å². The van der Waals surface area contributed by atoms with Crippen molar-refractivity contribution in [3.05, 3.63) is 52.8 Å². The van der Waals surface area contributed by atoms with Gasteiger partial charge < -0.3 is 19.9 Å². The Balaban J connectivity index is 1.51. The van der Waals surface area contributed by atoms with Gasteiger partial charge in [0.2, 0.25) is 0 Å². The number of carbonyl (C=O) groups is 1. The quantitative estimate of drug-likeness (QED) is 0.478. The second kappa shape index (κ2) is 8.04. The zero-order chi connectivity index (χ0) is 24.3. The van der Waals surface area contributed by atoms with Crippen LogP contribution in [0.25, 0.3) is 11.1 Å². The molecule has 4 atom stereocenters. The van der Waals surface area contributed by atoms with Crippen molar-refractivity contribution in [2.75, 3.05) is 6.61 Å². The number of nitrogens with zero attached hydrogens (tertiary/aromatic N) is 1. The lowest BCUT2D eigenvalue weighted by Crippen LogP contribution is -2.52.